The molecule has 0 saturated carbocycles. The molecule has 3 nitrogen and oxygen atoms in total. The Labute approximate surface area is 145 Å². The predicted molar refractivity (Wildman–Crippen MR) is 99.6 cm³/mol. The van der Waals surface area contributed by atoms with Gasteiger partial charge in [0.2, 0.25) is 0 Å². The minimum Gasteiger partial charge on any atom is -0.493 e. The lowest BCUT2D eigenvalue weighted by Gasteiger charge is -2.12. The second-order valence-electron chi connectivity index (χ2n) is 5.18. The third-order valence-corrected chi connectivity index (χ3v) is 3.89. The van der Waals surface area contributed by atoms with E-state index in [1.165, 1.54) is 5.56 Å². The second kappa shape index (κ2) is 7.97. The van der Waals surface area contributed by atoms with Gasteiger partial charge < -0.3 is 9.47 Å². The van der Waals surface area contributed by atoms with Gasteiger partial charge >= 0.3 is 0 Å². The minimum atomic E-state index is 0.422. The van der Waals surface area contributed by atoms with Crippen molar-refractivity contribution in [2.75, 3.05) is 13.7 Å². The highest BCUT2D eigenvalue weighted by Crippen LogP contribution is 2.36. The molecular formula is C19H20BrNO2. The van der Waals surface area contributed by atoms with Gasteiger partial charge in [0.05, 0.1) is 17.3 Å². The van der Waals surface area contributed by atoms with Crippen LogP contribution in [-0.2, 0) is 0 Å². The molecule has 0 amide bonds. The molecule has 120 valence electrons. The van der Waals surface area contributed by atoms with Crippen LogP contribution >= 0.6 is 15.9 Å². The molecule has 0 aliphatic heterocycles. The van der Waals surface area contributed by atoms with Crippen LogP contribution in [0.1, 0.15) is 16.7 Å². The monoisotopic (exact) mass is 373 g/mol. The lowest BCUT2D eigenvalue weighted by molar-refractivity contribution is 0.324. The van der Waals surface area contributed by atoms with Crippen LogP contribution in [0.2, 0.25) is 0 Å². The Bertz CT molecular complexity index is 738. The van der Waals surface area contributed by atoms with E-state index in [2.05, 4.69) is 53.5 Å². The summed E-state index contributed by atoms with van der Waals surface area (Å²) in [6.07, 6.45) is 3.52. The van der Waals surface area contributed by atoms with Crippen LogP contribution in [0.4, 0.5) is 5.69 Å². The molecule has 0 atom stereocenters. The summed E-state index contributed by atoms with van der Waals surface area (Å²) in [5.74, 6) is 1.32. The summed E-state index contributed by atoms with van der Waals surface area (Å²) in [4.78, 5) is 4.57. The van der Waals surface area contributed by atoms with Gasteiger partial charge in [-0.1, -0.05) is 30.4 Å². The van der Waals surface area contributed by atoms with Crippen LogP contribution < -0.4 is 9.47 Å². The fourth-order valence-electron chi connectivity index (χ4n) is 2.19. The van der Waals surface area contributed by atoms with E-state index in [1.807, 2.05) is 24.4 Å². The summed E-state index contributed by atoms with van der Waals surface area (Å²) in [7, 11) is 1.62. The van der Waals surface area contributed by atoms with Crippen molar-refractivity contribution >= 4 is 27.8 Å². The van der Waals surface area contributed by atoms with Crippen molar-refractivity contribution in [2.45, 2.75) is 13.8 Å². The van der Waals surface area contributed by atoms with Crippen molar-refractivity contribution in [1.82, 2.24) is 0 Å². The Morgan fingerprint density at radius 2 is 2.00 bits per heavy atom. The molecule has 0 heterocycles. The van der Waals surface area contributed by atoms with E-state index in [0.717, 1.165) is 21.3 Å². The first-order valence-electron chi connectivity index (χ1n) is 7.27. The van der Waals surface area contributed by atoms with E-state index in [0.29, 0.717) is 18.1 Å². The summed E-state index contributed by atoms with van der Waals surface area (Å²) in [6, 6.07) is 10.1. The molecule has 2 aromatic rings. The van der Waals surface area contributed by atoms with Gasteiger partial charge in [0, 0.05) is 6.21 Å². The zero-order valence-corrected chi connectivity index (χ0v) is 15.2. The number of hydrogen-bond donors (Lipinski definition) is 0. The number of methoxy groups -OCH3 is 1. The van der Waals surface area contributed by atoms with Crippen LogP contribution in [-0.4, -0.2) is 19.9 Å². The number of nitrogens with zero attached hydrogens (tertiary/aromatic N) is 1. The molecule has 0 unspecified atom stereocenters. The molecule has 0 bridgehead atoms. The van der Waals surface area contributed by atoms with E-state index in [-0.39, 0.29) is 0 Å². The highest BCUT2D eigenvalue weighted by molar-refractivity contribution is 9.10. The molecule has 0 spiro atoms. The SMILES string of the molecule is C=CCOc1c(Br)cc(C=Nc2ccc(C)cc2C)cc1OC. The molecule has 4 heteroatoms. The zero-order valence-electron chi connectivity index (χ0n) is 13.6. The average Bonchev–Trinajstić information content (AvgIpc) is 2.52. The molecule has 0 N–H and O–H groups in total. The summed E-state index contributed by atoms with van der Waals surface area (Å²) in [6.45, 7) is 8.21. The lowest BCUT2D eigenvalue weighted by atomic mass is 10.1. The fourth-order valence-corrected chi connectivity index (χ4v) is 2.77. The van der Waals surface area contributed by atoms with E-state index in [1.54, 1.807) is 13.2 Å². The summed E-state index contributed by atoms with van der Waals surface area (Å²) in [5.41, 5.74) is 4.27. The van der Waals surface area contributed by atoms with Gasteiger partial charge in [-0.2, -0.15) is 0 Å². The molecule has 0 saturated heterocycles. The van der Waals surface area contributed by atoms with Gasteiger partial charge in [-0.3, -0.25) is 4.99 Å². The van der Waals surface area contributed by atoms with E-state index in [4.69, 9.17) is 9.47 Å². The molecule has 23 heavy (non-hydrogen) atoms. The standard InChI is InChI=1S/C19H20BrNO2/c1-5-8-23-19-16(20)10-15(11-18(19)22-4)12-21-17-7-6-13(2)9-14(17)3/h5-7,9-12H,1,8H2,2-4H3. The number of hydrogen-bond acceptors (Lipinski definition) is 3. The van der Waals surface area contributed by atoms with E-state index in [9.17, 15) is 0 Å². The van der Waals surface area contributed by atoms with Crippen LogP contribution in [0, 0.1) is 13.8 Å². The fraction of sp³-hybridized carbons (Fsp3) is 0.211. The Morgan fingerprint density at radius 3 is 2.65 bits per heavy atom. The number of aryl methyl sites for hydroxylation is 2. The average molecular weight is 374 g/mol. The van der Waals surface area contributed by atoms with Gasteiger partial charge in [-0.05, 0) is 59.1 Å². The maximum atomic E-state index is 5.62. The summed E-state index contributed by atoms with van der Waals surface area (Å²) >= 11 is 3.52. The van der Waals surface area contributed by atoms with Crippen molar-refractivity contribution in [1.29, 1.82) is 0 Å². The van der Waals surface area contributed by atoms with Gasteiger partial charge in [0.1, 0.15) is 6.61 Å². The van der Waals surface area contributed by atoms with Crippen molar-refractivity contribution in [2.24, 2.45) is 4.99 Å². The van der Waals surface area contributed by atoms with Crippen molar-refractivity contribution < 1.29 is 9.47 Å². The molecular weight excluding hydrogens is 354 g/mol. The molecule has 0 radical (unpaired) electrons. The number of ether oxygens (including phenoxy) is 2. The molecule has 0 aromatic heterocycles. The first-order valence-corrected chi connectivity index (χ1v) is 8.07. The number of rotatable bonds is 6. The highest BCUT2D eigenvalue weighted by atomic mass is 79.9. The molecule has 0 aliphatic carbocycles. The van der Waals surface area contributed by atoms with Gasteiger partial charge in [-0.15, -0.1) is 0 Å². The predicted octanol–water partition coefficient (Wildman–Crippen LogP) is 5.39. The lowest BCUT2D eigenvalue weighted by Crippen LogP contribution is -1.98. The van der Waals surface area contributed by atoms with Crippen molar-refractivity contribution in [3.8, 4) is 11.5 Å². The third-order valence-electron chi connectivity index (χ3n) is 3.30. The van der Waals surface area contributed by atoms with Gasteiger partial charge in [-0.25, -0.2) is 0 Å². The van der Waals surface area contributed by atoms with Crippen LogP contribution in [0.3, 0.4) is 0 Å². The first-order chi connectivity index (χ1) is 11.0. The number of benzene rings is 2. The maximum absolute atomic E-state index is 5.62. The summed E-state index contributed by atoms with van der Waals surface area (Å²) in [5, 5.41) is 0. The summed E-state index contributed by atoms with van der Waals surface area (Å²) < 4.78 is 11.8. The normalized spacial score (nSPS) is 10.8. The smallest absolute Gasteiger partial charge is 0.175 e. The van der Waals surface area contributed by atoms with E-state index < -0.39 is 0 Å². The first kappa shape index (κ1) is 17.3. The molecule has 2 aromatic carbocycles. The van der Waals surface area contributed by atoms with Crippen LogP contribution in [0.25, 0.3) is 0 Å². The Morgan fingerprint density at radius 1 is 1.22 bits per heavy atom. The Kier molecular flexibility index (Phi) is 5.99. The molecule has 2 rings (SSSR count). The Balaban J connectivity index is 2.31. The minimum absolute atomic E-state index is 0.422. The maximum Gasteiger partial charge on any atom is 0.175 e. The molecule has 0 fully saturated rings. The quantitative estimate of drug-likeness (QED) is 0.501. The van der Waals surface area contributed by atoms with Crippen LogP contribution in [0.5, 0.6) is 11.5 Å². The van der Waals surface area contributed by atoms with Crippen molar-refractivity contribution in [3.05, 3.63) is 64.1 Å². The number of halogens is 1. The Hall–Kier alpha value is -2.07. The largest absolute Gasteiger partial charge is 0.493 e. The molecule has 0 aliphatic rings. The van der Waals surface area contributed by atoms with Crippen LogP contribution in [0.15, 0.2) is 52.5 Å². The van der Waals surface area contributed by atoms with Crippen molar-refractivity contribution in [3.63, 3.8) is 0 Å². The third kappa shape index (κ3) is 4.45. The van der Waals surface area contributed by atoms with Gasteiger partial charge in [0.15, 0.2) is 11.5 Å². The second-order valence-corrected chi connectivity index (χ2v) is 6.04. The highest BCUT2D eigenvalue weighted by Gasteiger charge is 2.10. The number of aliphatic imine (C=N–C) groups is 1. The zero-order chi connectivity index (χ0) is 16.8. The van der Waals surface area contributed by atoms with Gasteiger partial charge in [0.25, 0.3) is 0 Å². The topological polar surface area (TPSA) is 30.8 Å². The van der Waals surface area contributed by atoms with E-state index >= 15 is 0 Å².